The smallest absolute Gasteiger partial charge is 0.236 e. The number of rotatable bonds is 1. The highest BCUT2D eigenvalue weighted by atomic mass is 16.5. The van der Waals surface area contributed by atoms with Gasteiger partial charge in [-0.1, -0.05) is 0 Å². The number of carbonyl (C=O) groups is 2. The van der Waals surface area contributed by atoms with Gasteiger partial charge in [-0.05, 0) is 26.7 Å². The number of hydrogen-bond donors (Lipinski definition) is 0. The van der Waals surface area contributed by atoms with Crippen LogP contribution in [0.15, 0.2) is 0 Å². The van der Waals surface area contributed by atoms with E-state index in [4.69, 9.17) is 4.74 Å². The van der Waals surface area contributed by atoms with Gasteiger partial charge in [0.1, 0.15) is 0 Å². The summed E-state index contributed by atoms with van der Waals surface area (Å²) in [5.41, 5.74) is -0.369. The summed E-state index contributed by atoms with van der Waals surface area (Å²) in [6, 6.07) is 0. The van der Waals surface area contributed by atoms with Gasteiger partial charge in [0.2, 0.25) is 11.8 Å². The van der Waals surface area contributed by atoms with E-state index < -0.39 is 0 Å². The Morgan fingerprint density at radius 2 is 2.20 bits per heavy atom. The van der Waals surface area contributed by atoms with Gasteiger partial charge >= 0.3 is 0 Å². The van der Waals surface area contributed by atoms with Gasteiger partial charge in [-0.3, -0.25) is 14.5 Å². The van der Waals surface area contributed by atoms with Crippen molar-refractivity contribution in [1.29, 1.82) is 0 Å². The quantitative estimate of drug-likeness (QED) is 0.593. The third-order valence-corrected chi connectivity index (χ3v) is 4.16. The van der Waals surface area contributed by atoms with Crippen LogP contribution in [0.3, 0.4) is 0 Å². The summed E-state index contributed by atoms with van der Waals surface area (Å²) in [6.45, 7) is 4.32. The third-order valence-electron chi connectivity index (χ3n) is 4.16. The normalized spacial score (nSPS) is 47.9. The second-order valence-corrected chi connectivity index (χ2v) is 4.93. The summed E-state index contributed by atoms with van der Waals surface area (Å²) in [5, 5.41) is 0. The molecule has 0 aliphatic carbocycles. The number of carbonyl (C=O) groups excluding carboxylic acids is 2. The first-order valence-electron chi connectivity index (χ1n) is 5.61. The fraction of sp³-hybridized carbons (Fsp3) is 0.818. The van der Waals surface area contributed by atoms with Crippen molar-refractivity contribution < 1.29 is 14.3 Å². The lowest BCUT2D eigenvalue weighted by atomic mass is 9.74. The molecule has 15 heavy (non-hydrogen) atoms. The summed E-state index contributed by atoms with van der Waals surface area (Å²) in [4.78, 5) is 25.4. The van der Waals surface area contributed by atoms with Gasteiger partial charge in [-0.15, -0.1) is 0 Å². The summed E-state index contributed by atoms with van der Waals surface area (Å²) in [6.07, 6.45) is 1.83. The molecule has 4 nitrogen and oxygen atoms in total. The van der Waals surface area contributed by atoms with E-state index in [1.54, 1.807) is 0 Å². The minimum Gasteiger partial charge on any atom is -0.370 e. The first kappa shape index (κ1) is 9.33. The van der Waals surface area contributed by atoms with Crippen molar-refractivity contribution in [2.24, 2.45) is 11.8 Å². The van der Waals surface area contributed by atoms with Crippen molar-refractivity contribution in [2.75, 3.05) is 6.54 Å². The van der Waals surface area contributed by atoms with Gasteiger partial charge in [-0.25, -0.2) is 0 Å². The second-order valence-electron chi connectivity index (χ2n) is 4.93. The average molecular weight is 209 g/mol. The fourth-order valence-corrected chi connectivity index (χ4v) is 3.45. The van der Waals surface area contributed by atoms with Crippen molar-refractivity contribution in [1.82, 2.24) is 4.90 Å². The monoisotopic (exact) mass is 209 g/mol. The van der Waals surface area contributed by atoms with E-state index in [0.717, 1.165) is 12.8 Å². The predicted octanol–water partition coefficient (Wildman–Crippen LogP) is 0.559. The van der Waals surface area contributed by atoms with Crippen LogP contribution < -0.4 is 0 Å². The van der Waals surface area contributed by atoms with Gasteiger partial charge in [0.25, 0.3) is 0 Å². The van der Waals surface area contributed by atoms with Gasteiger partial charge in [0.05, 0.1) is 23.5 Å². The highest BCUT2D eigenvalue weighted by molar-refractivity contribution is 6.06. The van der Waals surface area contributed by atoms with Crippen LogP contribution in [-0.4, -0.2) is 35.0 Å². The summed E-state index contributed by atoms with van der Waals surface area (Å²) < 4.78 is 5.79. The SMILES string of the molecule is CCN1C(=O)[C@@H]2[C@@H](C1=O)[C@]1(C)CC[C@H]2O1. The zero-order valence-electron chi connectivity index (χ0n) is 9.03. The van der Waals surface area contributed by atoms with Crippen molar-refractivity contribution in [2.45, 2.75) is 38.4 Å². The van der Waals surface area contributed by atoms with Crippen molar-refractivity contribution in [3.8, 4) is 0 Å². The van der Waals surface area contributed by atoms with Crippen LogP contribution in [-0.2, 0) is 14.3 Å². The van der Waals surface area contributed by atoms with E-state index in [9.17, 15) is 9.59 Å². The molecule has 2 amide bonds. The molecule has 0 radical (unpaired) electrons. The number of ether oxygens (including phenoxy) is 1. The van der Waals surface area contributed by atoms with Crippen LogP contribution in [0.2, 0.25) is 0 Å². The van der Waals surface area contributed by atoms with Crippen molar-refractivity contribution in [3.63, 3.8) is 0 Å². The van der Waals surface area contributed by atoms with Gasteiger partial charge in [0, 0.05) is 6.54 Å². The molecule has 0 saturated carbocycles. The Hall–Kier alpha value is -0.900. The second kappa shape index (κ2) is 2.61. The minimum atomic E-state index is -0.369. The lowest BCUT2D eigenvalue weighted by molar-refractivity contribution is -0.144. The summed E-state index contributed by atoms with van der Waals surface area (Å²) in [7, 11) is 0. The molecule has 0 aromatic rings. The summed E-state index contributed by atoms with van der Waals surface area (Å²) in [5.74, 6) is -0.418. The number of amides is 2. The maximum atomic E-state index is 12.0. The molecule has 0 unspecified atom stereocenters. The predicted molar refractivity (Wildman–Crippen MR) is 51.9 cm³/mol. The molecule has 3 fully saturated rings. The van der Waals surface area contributed by atoms with Crippen molar-refractivity contribution >= 4 is 11.8 Å². The van der Waals surface area contributed by atoms with Crippen LogP contribution >= 0.6 is 0 Å². The fourth-order valence-electron chi connectivity index (χ4n) is 3.45. The minimum absolute atomic E-state index is 0.00648. The Bertz CT molecular complexity index is 354. The zero-order valence-corrected chi connectivity index (χ0v) is 9.03. The Morgan fingerprint density at radius 1 is 1.47 bits per heavy atom. The molecule has 0 spiro atoms. The van der Waals surface area contributed by atoms with E-state index in [1.807, 2.05) is 13.8 Å². The van der Waals surface area contributed by atoms with E-state index >= 15 is 0 Å². The van der Waals surface area contributed by atoms with Gasteiger partial charge in [0.15, 0.2) is 0 Å². The molecule has 2 bridgehead atoms. The molecular formula is C11H15NO3. The van der Waals surface area contributed by atoms with E-state index in [2.05, 4.69) is 0 Å². The molecule has 4 atom stereocenters. The maximum Gasteiger partial charge on any atom is 0.236 e. The Balaban J connectivity index is 2.03. The lowest BCUT2D eigenvalue weighted by Crippen LogP contribution is -2.39. The van der Waals surface area contributed by atoms with E-state index in [1.165, 1.54) is 4.90 Å². The Kier molecular flexibility index (Phi) is 1.63. The number of fused-ring (bicyclic) bond motifs is 5. The highest BCUT2D eigenvalue weighted by Gasteiger charge is 2.67. The molecule has 0 aromatic carbocycles. The first-order valence-corrected chi connectivity index (χ1v) is 5.61. The lowest BCUT2D eigenvalue weighted by Gasteiger charge is -2.26. The van der Waals surface area contributed by atoms with Crippen LogP contribution in [0.4, 0.5) is 0 Å². The zero-order chi connectivity index (χ0) is 10.8. The molecular weight excluding hydrogens is 194 g/mol. The number of imide groups is 1. The maximum absolute atomic E-state index is 12.0. The standard InChI is InChI=1S/C11H15NO3/c1-3-12-9(13)7-6-4-5-11(2,15-6)8(7)10(12)14/h6-8H,3-5H2,1-2H3/t6-,7+,8+,11+/m1/s1. The molecule has 0 aromatic heterocycles. The van der Waals surface area contributed by atoms with E-state index in [0.29, 0.717) is 6.54 Å². The van der Waals surface area contributed by atoms with Crippen LogP contribution in [0.5, 0.6) is 0 Å². The topological polar surface area (TPSA) is 46.6 Å². The molecule has 82 valence electrons. The number of likely N-dealkylation sites (tertiary alicyclic amines) is 1. The van der Waals surface area contributed by atoms with Gasteiger partial charge in [-0.2, -0.15) is 0 Å². The molecule has 3 heterocycles. The highest BCUT2D eigenvalue weighted by Crippen LogP contribution is 2.54. The molecule has 3 aliphatic rings. The third kappa shape index (κ3) is 0.911. The molecule has 0 N–H and O–H groups in total. The first-order chi connectivity index (χ1) is 7.08. The molecule has 3 rings (SSSR count). The van der Waals surface area contributed by atoms with Crippen LogP contribution in [0.25, 0.3) is 0 Å². The van der Waals surface area contributed by atoms with Gasteiger partial charge < -0.3 is 4.74 Å². The molecule has 3 aliphatic heterocycles. The summed E-state index contributed by atoms with van der Waals surface area (Å²) >= 11 is 0. The van der Waals surface area contributed by atoms with Crippen LogP contribution in [0.1, 0.15) is 26.7 Å². The van der Waals surface area contributed by atoms with Crippen LogP contribution in [0, 0.1) is 11.8 Å². The Labute approximate surface area is 88.6 Å². The largest absolute Gasteiger partial charge is 0.370 e. The Morgan fingerprint density at radius 3 is 2.80 bits per heavy atom. The number of hydrogen-bond acceptors (Lipinski definition) is 3. The molecule has 4 heteroatoms. The molecule has 3 saturated heterocycles. The van der Waals surface area contributed by atoms with E-state index in [-0.39, 0.29) is 35.4 Å². The average Bonchev–Trinajstić information content (AvgIpc) is 2.77. The number of nitrogens with zero attached hydrogens (tertiary/aromatic N) is 1. The van der Waals surface area contributed by atoms with Crippen molar-refractivity contribution in [3.05, 3.63) is 0 Å².